The van der Waals surface area contributed by atoms with Crippen molar-refractivity contribution in [3.63, 3.8) is 0 Å². The Morgan fingerprint density at radius 2 is 1.11 bits per heavy atom. The minimum Gasteiger partial charge on any atom is -0.364 e. The first kappa shape index (κ1) is 23.6. The fourth-order valence-corrected chi connectivity index (χ4v) is 8.66. The van der Waals surface area contributed by atoms with Crippen LogP contribution >= 0.6 is 0 Å². The summed E-state index contributed by atoms with van der Waals surface area (Å²) in [4.78, 5) is 33.0. The fraction of sp³-hybridized carbons (Fsp3) is 0.438. The van der Waals surface area contributed by atoms with Crippen LogP contribution in [0.3, 0.4) is 0 Å². The minimum absolute atomic E-state index is 0.0366. The molecule has 7 rings (SSSR count). The van der Waals surface area contributed by atoms with Crippen LogP contribution in [0.25, 0.3) is 0 Å². The van der Waals surface area contributed by atoms with Crippen molar-refractivity contribution >= 4 is 23.2 Å². The summed E-state index contributed by atoms with van der Waals surface area (Å²) in [5, 5.41) is 7.36. The van der Waals surface area contributed by atoms with Gasteiger partial charge in [0.15, 0.2) is 0 Å². The molecule has 3 saturated heterocycles. The second-order valence-electron chi connectivity index (χ2n) is 12.9. The number of nitrogens with zero attached hydrogens (tertiary/aromatic N) is 2. The van der Waals surface area contributed by atoms with Crippen LogP contribution in [0.1, 0.15) is 51.7 Å². The Morgan fingerprint density at radius 3 is 1.47 bits per heavy atom. The van der Waals surface area contributed by atoms with Crippen molar-refractivity contribution in [1.82, 2.24) is 9.80 Å². The van der Waals surface area contributed by atoms with Gasteiger partial charge in [0.25, 0.3) is 0 Å². The van der Waals surface area contributed by atoms with Gasteiger partial charge in [0.1, 0.15) is 24.4 Å². The van der Waals surface area contributed by atoms with Crippen LogP contribution in [0.5, 0.6) is 0 Å². The van der Waals surface area contributed by atoms with E-state index in [1.165, 1.54) is 11.1 Å². The predicted molar refractivity (Wildman–Crippen MR) is 150 cm³/mol. The van der Waals surface area contributed by atoms with Crippen LogP contribution < -0.4 is 10.6 Å². The Balaban J connectivity index is 1.38. The van der Waals surface area contributed by atoms with Gasteiger partial charge in [-0.05, 0) is 46.9 Å². The topological polar surface area (TPSA) is 64.7 Å². The summed E-state index contributed by atoms with van der Waals surface area (Å²) in [5.41, 5.74) is 2.80. The van der Waals surface area contributed by atoms with Gasteiger partial charge in [-0.15, -0.1) is 13.2 Å². The van der Waals surface area contributed by atoms with Gasteiger partial charge in [-0.25, -0.2) is 0 Å². The monoisotopic (exact) mass is 508 g/mol. The molecular weight excluding hydrogens is 472 g/mol. The number of allylic oxidation sites excluding steroid dienone is 2. The molecule has 0 spiro atoms. The average molecular weight is 509 g/mol. The Morgan fingerprint density at radius 1 is 0.737 bits per heavy atom. The minimum atomic E-state index is -0.531. The van der Waals surface area contributed by atoms with Crippen LogP contribution in [0.2, 0.25) is 0 Å². The molecule has 5 aliphatic heterocycles. The first-order valence-corrected chi connectivity index (χ1v) is 13.7. The number of anilines is 2. The molecule has 5 heterocycles. The Labute approximate surface area is 224 Å². The zero-order chi connectivity index (χ0) is 26.8. The van der Waals surface area contributed by atoms with Crippen molar-refractivity contribution in [3.8, 4) is 0 Å². The molecular formula is C32H36N4O2. The number of hydrogen-bond donors (Lipinski definition) is 2. The summed E-state index contributed by atoms with van der Waals surface area (Å²) in [5.74, 6) is 0.0733. The van der Waals surface area contributed by atoms with Crippen LogP contribution in [0, 0.1) is 10.8 Å². The van der Waals surface area contributed by atoms with E-state index in [1.807, 2.05) is 46.2 Å². The molecule has 38 heavy (non-hydrogen) atoms. The lowest BCUT2D eigenvalue weighted by molar-refractivity contribution is -0.160. The summed E-state index contributed by atoms with van der Waals surface area (Å²) in [7, 11) is 0. The standard InChI is InChI=1S/C32H36N4O2/c1-7-29(3,4)31-17-23-25(37)36-24(26(38)35(23)27(31)33-21-15-11-9-13-19(21)31)18-32(30(5,6)8-2)20-14-10-12-16-22(20)34-28(32)36/h7-16,23-24,27-28,33-34H,1-2,17-18H2,3-6H3/t23-,24-,27-,28-,31+,32+/m1/s1. The zero-order valence-electron chi connectivity index (χ0n) is 22.6. The zero-order valence-corrected chi connectivity index (χ0v) is 22.6. The molecule has 2 amide bonds. The molecule has 2 aromatic carbocycles. The van der Waals surface area contributed by atoms with Gasteiger partial charge in [-0.2, -0.15) is 0 Å². The fourth-order valence-electron chi connectivity index (χ4n) is 8.66. The van der Waals surface area contributed by atoms with Crippen molar-refractivity contribution in [3.05, 3.63) is 85.0 Å². The largest absolute Gasteiger partial charge is 0.364 e. The molecule has 2 aromatic rings. The van der Waals surface area contributed by atoms with Crippen molar-refractivity contribution in [2.75, 3.05) is 10.6 Å². The van der Waals surface area contributed by atoms with Gasteiger partial charge in [-0.1, -0.05) is 76.2 Å². The molecule has 2 N–H and O–H groups in total. The van der Waals surface area contributed by atoms with E-state index >= 15 is 0 Å². The normalized spacial score (nSPS) is 34.4. The van der Waals surface area contributed by atoms with Crippen LogP contribution in [0.4, 0.5) is 11.4 Å². The van der Waals surface area contributed by atoms with E-state index < -0.39 is 22.9 Å². The quantitative estimate of drug-likeness (QED) is 0.570. The first-order chi connectivity index (χ1) is 18.1. The van der Waals surface area contributed by atoms with E-state index in [0.29, 0.717) is 12.8 Å². The number of carbonyl (C=O) groups excluding carboxylic acids is 2. The van der Waals surface area contributed by atoms with Crippen molar-refractivity contribution in [1.29, 1.82) is 0 Å². The number of benzene rings is 2. The first-order valence-electron chi connectivity index (χ1n) is 13.7. The maximum Gasteiger partial charge on any atom is 0.247 e. The summed E-state index contributed by atoms with van der Waals surface area (Å²) in [6, 6.07) is 15.5. The summed E-state index contributed by atoms with van der Waals surface area (Å²) in [6.07, 6.45) is 4.50. The summed E-state index contributed by atoms with van der Waals surface area (Å²) >= 11 is 0. The van der Waals surface area contributed by atoms with Gasteiger partial charge >= 0.3 is 0 Å². The molecule has 0 aromatic heterocycles. The number of amides is 2. The number of piperazine rings is 1. The molecule has 6 heteroatoms. The molecule has 6 atom stereocenters. The van der Waals surface area contributed by atoms with Gasteiger partial charge in [0.2, 0.25) is 11.8 Å². The lowest BCUT2D eigenvalue weighted by Crippen LogP contribution is -2.66. The smallest absolute Gasteiger partial charge is 0.247 e. The van der Waals surface area contributed by atoms with Crippen LogP contribution in [-0.2, 0) is 20.4 Å². The Hall–Kier alpha value is -3.54. The molecule has 0 aliphatic carbocycles. The van der Waals surface area contributed by atoms with Crippen molar-refractivity contribution in [2.24, 2.45) is 10.8 Å². The molecule has 0 radical (unpaired) electrons. The maximum absolute atomic E-state index is 14.6. The molecule has 0 bridgehead atoms. The number of hydrogen-bond acceptors (Lipinski definition) is 4. The van der Waals surface area contributed by atoms with E-state index in [4.69, 9.17) is 0 Å². The van der Waals surface area contributed by atoms with Gasteiger partial charge in [0.05, 0.1) is 0 Å². The van der Waals surface area contributed by atoms with Gasteiger partial charge in [-0.3, -0.25) is 9.59 Å². The molecule has 3 fully saturated rings. The molecule has 6 nitrogen and oxygen atoms in total. The SMILES string of the molecule is C=CC(C)(C)[C@]12C[C@@H]3C(=O)N4[C@H](C[C@]5(C(C)(C)C=C)c6ccccc6N[C@H]45)C(=O)N3[C@H]1Nc1ccccc12. The van der Waals surface area contributed by atoms with Crippen LogP contribution in [0.15, 0.2) is 73.8 Å². The lowest BCUT2D eigenvalue weighted by Gasteiger charge is -2.45. The third-order valence-electron chi connectivity index (χ3n) is 11.0. The van der Waals surface area contributed by atoms with Gasteiger partial charge < -0.3 is 20.4 Å². The van der Waals surface area contributed by atoms with E-state index in [2.05, 4.69) is 75.8 Å². The van der Waals surface area contributed by atoms with E-state index in [1.54, 1.807) is 0 Å². The van der Waals surface area contributed by atoms with Crippen molar-refractivity contribution in [2.45, 2.75) is 75.8 Å². The lowest BCUT2D eigenvalue weighted by atomic mass is 9.60. The highest BCUT2D eigenvalue weighted by atomic mass is 16.2. The average Bonchev–Trinajstić information content (AvgIpc) is 3.62. The predicted octanol–water partition coefficient (Wildman–Crippen LogP) is 5.01. The highest BCUT2D eigenvalue weighted by molar-refractivity contribution is 6.00. The number of fused-ring (bicyclic) bond motifs is 10. The number of rotatable bonds is 4. The molecule has 5 aliphatic rings. The molecule has 196 valence electrons. The molecule has 0 saturated carbocycles. The van der Waals surface area contributed by atoms with Crippen LogP contribution in [-0.4, -0.2) is 46.0 Å². The Kier molecular flexibility index (Phi) is 4.40. The summed E-state index contributed by atoms with van der Waals surface area (Å²) in [6.45, 7) is 17.1. The Bertz CT molecular complexity index is 1320. The molecule has 0 unspecified atom stereocenters. The summed E-state index contributed by atoms with van der Waals surface area (Å²) < 4.78 is 0. The van der Waals surface area contributed by atoms with E-state index in [9.17, 15) is 9.59 Å². The highest BCUT2D eigenvalue weighted by Gasteiger charge is 2.73. The third-order valence-corrected chi connectivity index (χ3v) is 11.0. The third kappa shape index (κ3) is 2.37. The number of nitrogens with one attached hydrogen (secondary N) is 2. The van der Waals surface area contributed by atoms with E-state index in [0.717, 1.165) is 11.4 Å². The second-order valence-corrected chi connectivity index (χ2v) is 12.9. The second kappa shape index (κ2) is 7.10. The highest BCUT2D eigenvalue weighted by Crippen LogP contribution is 2.64. The van der Waals surface area contributed by atoms with Gasteiger partial charge in [0, 0.05) is 22.2 Å². The van der Waals surface area contributed by atoms with Crippen molar-refractivity contribution < 1.29 is 9.59 Å². The maximum atomic E-state index is 14.6. The number of carbonyl (C=O) groups is 2. The van der Waals surface area contributed by atoms with E-state index in [-0.39, 0.29) is 35.0 Å². The number of para-hydroxylation sites is 2.